The summed E-state index contributed by atoms with van der Waals surface area (Å²) < 4.78 is 3.73. The van der Waals surface area contributed by atoms with Crippen LogP contribution in [0.1, 0.15) is 19.4 Å². The van der Waals surface area contributed by atoms with Gasteiger partial charge in [0.1, 0.15) is 5.52 Å². The van der Waals surface area contributed by atoms with E-state index in [1.807, 2.05) is 46.1 Å². The molecule has 3 heterocycles. The fourth-order valence-corrected chi connectivity index (χ4v) is 3.97. The van der Waals surface area contributed by atoms with Crippen LogP contribution in [0.5, 0.6) is 0 Å². The lowest BCUT2D eigenvalue weighted by Crippen LogP contribution is -2.31. The van der Waals surface area contributed by atoms with Gasteiger partial charge in [-0.15, -0.1) is 10.2 Å². The summed E-state index contributed by atoms with van der Waals surface area (Å²) in [5, 5.41) is 14.0. The molecule has 4 rings (SSSR count). The molecule has 0 saturated heterocycles. The number of rotatable bonds is 6. The van der Waals surface area contributed by atoms with E-state index in [1.165, 1.54) is 17.3 Å². The molecule has 28 heavy (non-hydrogen) atoms. The molecule has 0 atom stereocenters. The Labute approximate surface area is 167 Å². The molecular formula is C20H22N6OS. The quantitative estimate of drug-likeness (QED) is 0.469. The molecule has 0 bridgehead atoms. The molecule has 0 saturated carbocycles. The average Bonchev–Trinajstić information content (AvgIpc) is 3.31. The maximum Gasteiger partial charge on any atom is 0.233 e. The summed E-state index contributed by atoms with van der Waals surface area (Å²) in [4.78, 5) is 14.1. The van der Waals surface area contributed by atoms with E-state index in [9.17, 15) is 4.79 Å². The minimum atomic E-state index is 0.110. The van der Waals surface area contributed by atoms with E-state index in [2.05, 4.69) is 46.5 Å². The third-order valence-electron chi connectivity index (χ3n) is 4.77. The zero-order chi connectivity index (χ0) is 19.7. The highest BCUT2D eigenvalue weighted by molar-refractivity contribution is 7.99. The predicted octanol–water partition coefficient (Wildman–Crippen LogP) is 3.31. The number of nitrogens with zero attached hydrogens (tertiary/aromatic N) is 6. The SMILES string of the molecule is CCN(CC)C(=O)CSc1nnc2c3cc(-c4ccc(C)cc4)nn3ccn12. The Morgan fingerprint density at radius 3 is 2.57 bits per heavy atom. The summed E-state index contributed by atoms with van der Waals surface area (Å²) in [6.07, 6.45) is 3.78. The van der Waals surface area contributed by atoms with E-state index in [0.29, 0.717) is 24.0 Å². The Hall–Kier alpha value is -2.87. The minimum Gasteiger partial charge on any atom is -0.343 e. The van der Waals surface area contributed by atoms with Crippen LogP contribution in [0.2, 0.25) is 0 Å². The van der Waals surface area contributed by atoms with Crippen LogP contribution in [0.15, 0.2) is 47.9 Å². The normalized spacial score (nSPS) is 11.4. The van der Waals surface area contributed by atoms with E-state index < -0.39 is 0 Å². The summed E-state index contributed by atoms with van der Waals surface area (Å²) in [6, 6.07) is 10.3. The van der Waals surface area contributed by atoms with Gasteiger partial charge in [-0.2, -0.15) is 5.10 Å². The first-order chi connectivity index (χ1) is 13.6. The summed E-state index contributed by atoms with van der Waals surface area (Å²) in [7, 11) is 0. The second-order valence-corrected chi connectivity index (χ2v) is 7.50. The van der Waals surface area contributed by atoms with Gasteiger partial charge in [-0.25, -0.2) is 4.52 Å². The molecule has 1 amide bonds. The van der Waals surface area contributed by atoms with Gasteiger partial charge >= 0.3 is 0 Å². The van der Waals surface area contributed by atoms with Gasteiger partial charge in [0, 0.05) is 31.0 Å². The molecule has 0 N–H and O–H groups in total. The third kappa shape index (κ3) is 3.35. The molecule has 4 aromatic rings. The Balaban J connectivity index is 1.64. The molecule has 0 aliphatic carbocycles. The standard InChI is InChI=1S/C20H22N6OS/c1-4-24(5-2)18(27)13-28-20-22-21-19-17-12-16(15-8-6-14(3)7-9-15)23-26(17)11-10-25(19)20/h6-12H,4-5,13H2,1-3H3. The Bertz CT molecular complexity index is 1130. The Morgan fingerprint density at radius 2 is 1.86 bits per heavy atom. The van der Waals surface area contributed by atoms with Crippen LogP contribution in [0, 0.1) is 6.92 Å². The smallest absolute Gasteiger partial charge is 0.233 e. The molecule has 0 fully saturated rings. The second-order valence-electron chi connectivity index (χ2n) is 6.55. The van der Waals surface area contributed by atoms with Gasteiger partial charge in [0.2, 0.25) is 5.91 Å². The summed E-state index contributed by atoms with van der Waals surface area (Å²) in [5.41, 5.74) is 4.78. The predicted molar refractivity (Wildman–Crippen MR) is 111 cm³/mol. The molecule has 0 unspecified atom stereocenters. The molecule has 0 radical (unpaired) electrons. The van der Waals surface area contributed by atoms with E-state index in [4.69, 9.17) is 0 Å². The van der Waals surface area contributed by atoms with E-state index >= 15 is 0 Å². The maximum atomic E-state index is 12.3. The van der Waals surface area contributed by atoms with Crippen molar-refractivity contribution in [3.05, 3.63) is 48.3 Å². The first-order valence-electron chi connectivity index (χ1n) is 9.31. The first-order valence-corrected chi connectivity index (χ1v) is 10.3. The number of hydrogen-bond donors (Lipinski definition) is 0. The fourth-order valence-electron chi connectivity index (χ4n) is 3.15. The summed E-state index contributed by atoms with van der Waals surface area (Å²) >= 11 is 1.41. The van der Waals surface area contributed by atoms with Crippen LogP contribution >= 0.6 is 11.8 Å². The van der Waals surface area contributed by atoms with Gasteiger partial charge in [-0.1, -0.05) is 41.6 Å². The number of amides is 1. The van der Waals surface area contributed by atoms with Crippen LogP contribution in [0.4, 0.5) is 0 Å². The lowest BCUT2D eigenvalue weighted by Gasteiger charge is -2.17. The van der Waals surface area contributed by atoms with Crippen molar-refractivity contribution < 1.29 is 4.79 Å². The number of carbonyl (C=O) groups is 1. The molecule has 0 aliphatic heterocycles. The molecule has 144 valence electrons. The molecule has 0 spiro atoms. The zero-order valence-electron chi connectivity index (χ0n) is 16.2. The van der Waals surface area contributed by atoms with E-state index in [1.54, 1.807) is 0 Å². The molecule has 3 aromatic heterocycles. The number of carbonyl (C=O) groups excluding carboxylic acids is 1. The fraction of sp³-hybridized carbons (Fsp3) is 0.300. The van der Waals surface area contributed by atoms with Crippen LogP contribution in [0.25, 0.3) is 22.4 Å². The van der Waals surface area contributed by atoms with Gasteiger partial charge in [0.05, 0.1) is 11.4 Å². The maximum absolute atomic E-state index is 12.3. The van der Waals surface area contributed by atoms with Crippen molar-refractivity contribution >= 4 is 28.8 Å². The van der Waals surface area contributed by atoms with E-state index in [0.717, 1.165) is 22.4 Å². The van der Waals surface area contributed by atoms with Gasteiger partial charge in [-0.3, -0.25) is 9.20 Å². The highest BCUT2D eigenvalue weighted by atomic mass is 32.2. The Morgan fingerprint density at radius 1 is 1.11 bits per heavy atom. The molecular weight excluding hydrogens is 372 g/mol. The van der Waals surface area contributed by atoms with Crippen LogP contribution in [-0.2, 0) is 4.79 Å². The highest BCUT2D eigenvalue weighted by Crippen LogP contribution is 2.24. The topological polar surface area (TPSA) is 67.8 Å². The second kappa shape index (κ2) is 7.63. The summed E-state index contributed by atoms with van der Waals surface area (Å²) in [6.45, 7) is 7.47. The van der Waals surface area contributed by atoms with Crippen LogP contribution < -0.4 is 0 Å². The first kappa shape index (κ1) is 18.5. The van der Waals surface area contributed by atoms with E-state index in [-0.39, 0.29) is 5.91 Å². The van der Waals surface area contributed by atoms with Gasteiger partial charge in [-0.05, 0) is 26.8 Å². The number of aromatic nitrogens is 5. The number of aryl methyl sites for hydroxylation is 1. The van der Waals surface area contributed by atoms with Crippen LogP contribution in [0.3, 0.4) is 0 Å². The lowest BCUT2D eigenvalue weighted by molar-refractivity contribution is -0.127. The molecule has 0 aliphatic rings. The van der Waals surface area contributed by atoms with Gasteiger partial charge in [0.25, 0.3) is 0 Å². The van der Waals surface area contributed by atoms with Crippen molar-refractivity contribution in [2.24, 2.45) is 0 Å². The van der Waals surface area contributed by atoms with Gasteiger partial charge < -0.3 is 4.90 Å². The number of thioether (sulfide) groups is 1. The average molecular weight is 395 g/mol. The van der Waals surface area contributed by atoms with Crippen molar-refractivity contribution in [1.82, 2.24) is 29.1 Å². The highest BCUT2D eigenvalue weighted by Gasteiger charge is 2.15. The summed E-state index contributed by atoms with van der Waals surface area (Å²) in [5.74, 6) is 0.459. The Kier molecular flexibility index (Phi) is 5.04. The monoisotopic (exact) mass is 394 g/mol. The molecule has 1 aromatic carbocycles. The third-order valence-corrected chi connectivity index (χ3v) is 5.70. The number of fused-ring (bicyclic) bond motifs is 3. The van der Waals surface area contributed by atoms with Crippen molar-refractivity contribution in [3.8, 4) is 11.3 Å². The lowest BCUT2D eigenvalue weighted by atomic mass is 10.1. The number of benzene rings is 1. The van der Waals surface area contributed by atoms with Crippen molar-refractivity contribution in [1.29, 1.82) is 0 Å². The number of hydrogen-bond acceptors (Lipinski definition) is 5. The van der Waals surface area contributed by atoms with Crippen LogP contribution in [-0.4, -0.2) is 53.9 Å². The zero-order valence-corrected chi connectivity index (χ0v) is 17.0. The minimum absolute atomic E-state index is 0.110. The largest absolute Gasteiger partial charge is 0.343 e. The van der Waals surface area contributed by atoms with Gasteiger partial charge in [0.15, 0.2) is 10.8 Å². The van der Waals surface area contributed by atoms with Crippen molar-refractivity contribution in [2.75, 3.05) is 18.8 Å². The molecule has 8 heteroatoms. The van der Waals surface area contributed by atoms with Crippen molar-refractivity contribution in [2.45, 2.75) is 25.9 Å². The molecule has 7 nitrogen and oxygen atoms in total. The van der Waals surface area contributed by atoms with Crippen molar-refractivity contribution in [3.63, 3.8) is 0 Å².